The van der Waals surface area contributed by atoms with E-state index in [-0.39, 0.29) is 11.9 Å². The third kappa shape index (κ3) is 4.46. The van der Waals surface area contributed by atoms with Crippen LogP contribution in [0.4, 0.5) is 0 Å². The van der Waals surface area contributed by atoms with Crippen molar-refractivity contribution in [2.75, 3.05) is 13.1 Å². The van der Waals surface area contributed by atoms with E-state index in [9.17, 15) is 4.79 Å². The Hall–Kier alpha value is -2.64. The fraction of sp³-hybridized carbons (Fsp3) is 0.333. The fourth-order valence-electron chi connectivity index (χ4n) is 3.33. The molecule has 1 N–H and O–H groups in total. The summed E-state index contributed by atoms with van der Waals surface area (Å²) in [6.07, 6.45) is 1.43. The molecular weight excluding hydrogens is 310 g/mol. The zero-order valence-electron chi connectivity index (χ0n) is 14.5. The van der Waals surface area contributed by atoms with E-state index in [0.717, 1.165) is 30.6 Å². The predicted molar refractivity (Wildman–Crippen MR) is 97.8 cm³/mol. The molecule has 2 aromatic rings. The molecule has 0 aliphatic carbocycles. The molecule has 2 aromatic carbocycles. The minimum atomic E-state index is 0.155. The van der Waals surface area contributed by atoms with Crippen LogP contribution in [0.3, 0.4) is 0 Å². The summed E-state index contributed by atoms with van der Waals surface area (Å²) in [4.78, 5) is 14.4. The maximum atomic E-state index is 12.5. The number of nitrogens with zero attached hydrogens (tertiary/aromatic N) is 2. The Kier molecular flexibility index (Phi) is 5.47. The molecule has 0 unspecified atom stereocenters. The van der Waals surface area contributed by atoms with Crippen LogP contribution in [-0.4, -0.2) is 29.9 Å². The maximum absolute atomic E-state index is 12.5. The maximum Gasteiger partial charge on any atom is 0.227 e. The molecule has 3 rings (SSSR count). The smallest absolute Gasteiger partial charge is 0.227 e. The Bertz CT molecular complexity index is 766. The Morgan fingerprint density at radius 1 is 1.28 bits per heavy atom. The number of carbonyl (C=O) groups excluding carboxylic acids is 1. The van der Waals surface area contributed by atoms with Gasteiger partial charge in [-0.2, -0.15) is 5.26 Å². The van der Waals surface area contributed by atoms with Gasteiger partial charge in [-0.3, -0.25) is 4.79 Å². The number of carbonyl (C=O) groups is 1. The highest BCUT2D eigenvalue weighted by molar-refractivity contribution is 5.79. The second kappa shape index (κ2) is 7.96. The molecule has 2 atom stereocenters. The van der Waals surface area contributed by atoms with Gasteiger partial charge in [-0.1, -0.05) is 42.5 Å². The van der Waals surface area contributed by atoms with Gasteiger partial charge < -0.3 is 10.2 Å². The highest BCUT2D eigenvalue weighted by atomic mass is 16.2. The molecule has 4 nitrogen and oxygen atoms in total. The second-order valence-electron chi connectivity index (χ2n) is 6.61. The van der Waals surface area contributed by atoms with Crippen LogP contribution < -0.4 is 5.32 Å². The molecule has 0 bridgehead atoms. The van der Waals surface area contributed by atoms with Gasteiger partial charge in [-0.05, 0) is 36.6 Å². The Balaban J connectivity index is 1.54. The number of likely N-dealkylation sites (tertiary alicyclic amines) is 1. The van der Waals surface area contributed by atoms with Gasteiger partial charge in [0.05, 0.1) is 18.1 Å². The SMILES string of the molecule is C[C@@H](N[C@@H]1CCN(C(=O)Cc2ccccc2)C1)c1cccc(C#N)c1. The van der Waals surface area contributed by atoms with E-state index in [1.54, 1.807) is 0 Å². The second-order valence-corrected chi connectivity index (χ2v) is 6.61. The molecule has 1 aliphatic heterocycles. The van der Waals surface area contributed by atoms with E-state index in [1.807, 2.05) is 59.5 Å². The number of nitrogens with one attached hydrogen (secondary N) is 1. The first kappa shape index (κ1) is 17.2. The molecule has 128 valence electrons. The van der Waals surface area contributed by atoms with Crippen molar-refractivity contribution in [2.24, 2.45) is 0 Å². The Labute approximate surface area is 149 Å². The molecule has 1 amide bonds. The minimum Gasteiger partial charge on any atom is -0.341 e. The lowest BCUT2D eigenvalue weighted by Crippen LogP contribution is -2.36. The summed E-state index contributed by atoms with van der Waals surface area (Å²) in [7, 11) is 0. The first-order valence-corrected chi connectivity index (χ1v) is 8.73. The van der Waals surface area contributed by atoms with Crippen LogP contribution >= 0.6 is 0 Å². The summed E-state index contributed by atoms with van der Waals surface area (Å²) in [5.74, 6) is 0.189. The minimum absolute atomic E-state index is 0.155. The highest BCUT2D eigenvalue weighted by Gasteiger charge is 2.27. The zero-order valence-corrected chi connectivity index (χ0v) is 14.5. The number of amides is 1. The largest absolute Gasteiger partial charge is 0.341 e. The standard InChI is InChI=1S/C21H23N3O/c1-16(19-9-5-8-18(12-19)14-22)23-20-10-11-24(15-20)21(25)13-17-6-3-2-4-7-17/h2-9,12,16,20,23H,10-11,13,15H2,1H3/t16-,20-/m1/s1. The molecule has 1 saturated heterocycles. The van der Waals surface area contributed by atoms with Crippen molar-refractivity contribution in [1.29, 1.82) is 5.26 Å². The van der Waals surface area contributed by atoms with Gasteiger partial charge in [0, 0.05) is 25.2 Å². The molecule has 0 aromatic heterocycles. The summed E-state index contributed by atoms with van der Waals surface area (Å²) in [6.45, 7) is 3.65. The van der Waals surface area contributed by atoms with Crippen LogP contribution in [0.15, 0.2) is 54.6 Å². The lowest BCUT2D eigenvalue weighted by molar-refractivity contribution is -0.129. The van der Waals surface area contributed by atoms with E-state index in [1.165, 1.54) is 0 Å². The average Bonchev–Trinajstić information content (AvgIpc) is 3.11. The van der Waals surface area contributed by atoms with Crippen LogP contribution in [-0.2, 0) is 11.2 Å². The molecule has 0 radical (unpaired) electrons. The molecule has 25 heavy (non-hydrogen) atoms. The quantitative estimate of drug-likeness (QED) is 0.915. The van der Waals surface area contributed by atoms with Crippen molar-refractivity contribution in [3.63, 3.8) is 0 Å². The monoisotopic (exact) mass is 333 g/mol. The van der Waals surface area contributed by atoms with Gasteiger partial charge in [0.2, 0.25) is 5.91 Å². The van der Waals surface area contributed by atoms with Gasteiger partial charge in [-0.25, -0.2) is 0 Å². The number of rotatable bonds is 5. The summed E-state index contributed by atoms with van der Waals surface area (Å²) in [5.41, 5.74) is 2.84. The van der Waals surface area contributed by atoms with Crippen LogP contribution in [0, 0.1) is 11.3 Å². The molecule has 0 saturated carbocycles. The average molecular weight is 333 g/mol. The topological polar surface area (TPSA) is 56.1 Å². The van der Waals surface area contributed by atoms with Crippen molar-refractivity contribution in [3.8, 4) is 6.07 Å². The van der Waals surface area contributed by atoms with Gasteiger partial charge in [-0.15, -0.1) is 0 Å². The fourth-order valence-corrected chi connectivity index (χ4v) is 3.33. The normalized spacial score (nSPS) is 17.9. The van der Waals surface area contributed by atoms with E-state index < -0.39 is 0 Å². The van der Waals surface area contributed by atoms with Crippen LogP contribution in [0.1, 0.15) is 36.1 Å². The lowest BCUT2D eigenvalue weighted by Gasteiger charge is -2.21. The van der Waals surface area contributed by atoms with E-state index in [0.29, 0.717) is 18.0 Å². The van der Waals surface area contributed by atoms with Crippen LogP contribution in [0.25, 0.3) is 0 Å². The first-order chi connectivity index (χ1) is 12.2. The van der Waals surface area contributed by atoms with Crippen LogP contribution in [0.5, 0.6) is 0 Å². The highest BCUT2D eigenvalue weighted by Crippen LogP contribution is 2.18. The third-order valence-corrected chi connectivity index (χ3v) is 4.74. The summed E-state index contributed by atoms with van der Waals surface area (Å²) in [6, 6.07) is 20.2. The van der Waals surface area contributed by atoms with E-state index in [4.69, 9.17) is 5.26 Å². The van der Waals surface area contributed by atoms with Crippen molar-refractivity contribution < 1.29 is 4.79 Å². The van der Waals surface area contributed by atoms with Crippen molar-refractivity contribution in [2.45, 2.75) is 31.8 Å². The van der Waals surface area contributed by atoms with Crippen molar-refractivity contribution in [3.05, 3.63) is 71.3 Å². The summed E-state index contributed by atoms with van der Waals surface area (Å²) >= 11 is 0. The van der Waals surface area contributed by atoms with Gasteiger partial charge >= 0.3 is 0 Å². The summed E-state index contributed by atoms with van der Waals surface area (Å²) < 4.78 is 0. The number of hydrogen-bond acceptors (Lipinski definition) is 3. The molecule has 4 heteroatoms. The van der Waals surface area contributed by atoms with Gasteiger partial charge in [0.1, 0.15) is 0 Å². The number of nitriles is 1. The molecule has 1 heterocycles. The third-order valence-electron chi connectivity index (χ3n) is 4.74. The Morgan fingerprint density at radius 3 is 2.84 bits per heavy atom. The van der Waals surface area contributed by atoms with Gasteiger partial charge in [0.25, 0.3) is 0 Å². The first-order valence-electron chi connectivity index (χ1n) is 8.73. The Morgan fingerprint density at radius 2 is 2.08 bits per heavy atom. The van der Waals surface area contributed by atoms with Crippen molar-refractivity contribution >= 4 is 5.91 Å². The number of benzene rings is 2. The lowest BCUT2D eigenvalue weighted by atomic mass is 10.0. The summed E-state index contributed by atoms with van der Waals surface area (Å²) in [5, 5.41) is 12.6. The van der Waals surface area contributed by atoms with E-state index in [2.05, 4.69) is 18.3 Å². The van der Waals surface area contributed by atoms with E-state index >= 15 is 0 Å². The number of hydrogen-bond donors (Lipinski definition) is 1. The van der Waals surface area contributed by atoms with Gasteiger partial charge in [0.15, 0.2) is 0 Å². The zero-order chi connectivity index (χ0) is 17.6. The van der Waals surface area contributed by atoms with Crippen molar-refractivity contribution in [1.82, 2.24) is 10.2 Å². The molecular formula is C21H23N3O. The predicted octanol–water partition coefficient (Wildman–Crippen LogP) is 3.05. The molecule has 1 fully saturated rings. The molecule has 0 spiro atoms. The van der Waals surface area contributed by atoms with Crippen LogP contribution in [0.2, 0.25) is 0 Å². The molecule has 1 aliphatic rings.